The molecule has 4 heteroatoms. The van der Waals surface area contributed by atoms with E-state index < -0.39 is 6.10 Å². The number of hydrogen-bond donors (Lipinski definition) is 2. The normalized spacial score (nSPS) is 54.2. The Morgan fingerprint density at radius 1 is 1.29 bits per heavy atom. The van der Waals surface area contributed by atoms with Gasteiger partial charge in [-0.25, -0.2) is 0 Å². The van der Waals surface area contributed by atoms with Crippen molar-refractivity contribution in [1.82, 2.24) is 0 Å². The van der Waals surface area contributed by atoms with Gasteiger partial charge in [-0.05, 0) is 56.4 Å². The Hall–Kier alpha value is -0.710. The summed E-state index contributed by atoms with van der Waals surface area (Å²) < 4.78 is 6.27. The van der Waals surface area contributed by atoms with E-state index in [0.717, 1.165) is 32.1 Å². The molecule has 0 radical (unpaired) electrons. The van der Waals surface area contributed by atoms with Crippen molar-refractivity contribution in [2.75, 3.05) is 6.61 Å². The summed E-state index contributed by atoms with van der Waals surface area (Å²) in [5.41, 5.74) is 0.483. The van der Waals surface area contributed by atoms with Crippen LogP contribution in [0.25, 0.3) is 0 Å². The monoisotopic (exact) mass is 334 g/mol. The van der Waals surface area contributed by atoms with Gasteiger partial charge in [-0.3, -0.25) is 4.79 Å². The fourth-order valence-electron chi connectivity index (χ4n) is 6.55. The zero-order chi connectivity index (χ0) is 17.5. The summed E-state index contributed by atoms with van der Waals surface area (Å²) in [7, 11) is 0. The average molecular weight is 334 g/mol. The summed E-state index contributed by atoms with van der Waals surface area (Å²) in [6, 6.07) is 0. The molecule has 2 saturated carbocycles. The number of hydrogen-bond acceptors (Lipinski definition) is 4. The molecule has 24 heavy (non-hydrogen) atoms. The summed E-state index contributed by atoms with van der Waals surface area (Å²) in [6.07, 6.45) is 5.70. The van der Waals surface area contributed by atoms with Gasteiger partial charge in [0.2, 0.25) is 0 Å². The van der Waals surface area contributed by atoms with Crippen molar-refractivity contribution < 1.29 is 19.7 Å². The van der Waals surface area contributed by atoms with Crippen molar-refractivity contribution >= 4 is 5.78 Å². The summed E-state index contributed by atoms with van der Waals surface area (Å²) in [5, 5.41) is 19.8. The number of ketones is 1. The molecule has 134 valence electrons. The van der Waals surface area contributed by atoms with Crippen molar-refractivity contribution in [2.24, 2.45) is 22.2 Å². The van der Waals surface area contributed by atoms with Gasteiger partial charge in [-0.2, -0.15) is 0 Å². The minimum absolute atomic E-state index is 0.0372. The molecule has 4 rings (SSSR count). The molecular formula is C20H30O4. The molecule has 7 atom stereocenters. The lowest BCUT2D eigenvalue weighted by Gasteiger charge is -2.61. The van der Waals surface area contributed by atoms with E-state index in [-0.39, 0.29) is 40.3 Å². The lowest BCUT2D eigenvalue weighted by Crippen LogP contribution is -2.62. The molecule has 2 N–H and O–H groups in total. The van der Waals surface area contributed by atoms with Gasteiger partial charge in [-0.1, -0.05) is 26.3 Å². The third kappa shape index (κ3) is 1.68. The molecule has 3 fully saturated rings. The fraction of sp³-hybridized carbons (Fsp3) is 0.850. The zero-order valence-corrected chi connectivity index (χ0v) is 15.3. The lowest BCUT2D eigenvalue weighted by atomic mass is 9.42. The number of fused-ring (bicyclic) bond motifs is 1. The van der Waals surface area contributed by atoms with Gasteiger partial charge in [-0.15, -0.1) is 0 Å². The van der Waals surface area contributed by atoms with Crippen LogP contribution in [-0.4, -0.2) is 40.4 Å². The Labute approximate surface area is 144 Å². The van der Waals surface area contributed by atoms with Crippen molar-refractivity contribution in [3.05, 3.63) is 11.6 Å². The maximum atomic E-state index is 12.5. The Bertz CT molecular complexity index is 627. The van der Waals surface area contributed by atoms with Crippen molar-refractivity contribution in [1.29, 1.82) is 0 Å². The number of epoxide rings is 1. The Morgan fingerprint density at radius 2 is 2.00 bits per heavy atom. The van der Waals surface area contributed by atoms with Crippen LogP contribution in [0.1, 0.15) is 59.8 Å². The molecule has 1 aliphatic heterocycles. The summed E-state index contributed by atoms with van der Waals surface area (Å²) in [5.74, 6) is 0.560. The highest BCUT2D eigenvalue weighted by molar-refractivity contribution is 5.99. The predicted octanol–water partition coefficient (Wildman–Crippen LogP) is 2.62. The molecule has 7 unspecified atom stereocenters. The molecule has 4 nitrogen and oxygen atoms in total. The standard InChI is InChI=1S/C20H30O4/c1-12-9-14(22)16-20(24-16)18(12,3)6-5-13-10-17(2,15(23)11-21)7-8-19(13,20)4/h9,13,15-16,21,23H,5-8,10-11H2,1-4H3. The summed E-state index contributed by atoms with van der Waals surface area (Å²) >= 11 is 0. The van der Waals surface area contributed by atoms with Gasteiger partial charge < -0.3 is 14.9 Å². The molecule has 1 heterocycles. The zero-order valence-electron chi connectivity index (χ0n) is 15.3. The molecule has 0 aromatic carbocycles. The summed E-state index contributed by atoms with van der Waals surface area (Å²) in [6.45, 7) is 8.60. The van der Waals surface area contributed by atoms with Crippen LogP contribution >= 0.6 is 0 Å². The second-order valence-corrected chi connectivity index (χ2v) is 9.50. The van der Waals surface area contributed by atoms with Crippen LogP contribution in [0.3, 0.4) is 0 Å². The van der Waals surface area contributed by atoms with Crippen molar-refractivity contribution in [2.45, 2.75) is 77.6 Å². The van der Waals surface area contributed by atoms with Crippen LogP contribution in [0.4, 0.5) is 0 Å². The molecule has 3 aliphatic carbocycles. The van der Waals surface area contributed by atoms with Crippen LogP contribution in [-0.2, 0) is 9.53 Å². The molecule has 0 aromatic heterocycles. The van der Waals surface area contributed by atoms with E-state index in [2.05, 4.69) is 27.7 Å². The average Bonchev–Trinajstić information content (AvgIpc) is 3.31. The molecular weight excluding hydrogens is 304 g/mol. The summed E-state index contributed by atoms with van der Waals surface area (Å²) in [4.78, 5) is 12.5. The Kier molecular flexibility index (Phi) is 3.29. The van der Waals surface area contributed by atoms with Crippen molar-refractivity contribution in [3.63, 3.8) is 0 Å². The first-order valence-electron chi connectivity index (χ1n) is 9.34. The number of aliphatic hydroxyl groups is 2. The number of rotatable bonds is 2. The van der Waals surface area contributed by atoms with E-state index in [1.165, 1.54) is 5.57 Å². The maximum absolute atomic E-state index is 12.5. The Morgan fingerprint density at radius 3 is 2.67 bits per heavy atom. The van der Waals surface area contributed by atoms with Crippen molar-refractivity contribution in [3.8, 4) is 0 Å². The minimum Gasteiger partial charge on any atom is -0.394 e. The number of ether oxygens (including phenoxy) is 1. The van der Waals surface area contributed by atoms with Crippen LogP contribution in [0.15, 0.2) is 11.6 Å². The number of aliphatic hydroxyl groups excluding tert-OH is 2. The van der Waals surface area contributed by atoms with Gasteiger partial charge in [0.15, 0.2) is 11.9 Å². The minimum atomic E-state index is -0.668. The van der Waals surface area contributed by atoms with E-state index in [1.807, 2.05) is 6.08 Å². The van der Waals surface area contributed by atoms with Gasteiger partial charge in [0.05, 0.1) is 12.7 Å². The molecule has 4 aliphatic rings. The van der Waals surface area contributed by atoms with Gasteiger partial charge in [0.25, 0.3) is 0 Å². The molecule has 1 spiro atoms. The largest absolute Gasteiger partial charge is 0.394 e. The van der Waals surface area contributed by atoms with Crippen LogP contribution in [0.2, 0.25) is 0 Å². The number of carbonyl (C=O) groups excluding carboxylic acids is 1. The molecule has 0 amide bonds. The van der Waals surface area contributed by atoms with E-state index >= 15 is 0 Å². The van der Waals surface area contributed by atoms with Crippen LogP contribution in [0, 0.1) is 22.2 Å². The second kappa shape index (κ2) is 4.72. The predicted molar refractivity (Wildman–Crippen MR) is 90.4 cm³/mol. The van der Waals surface area contributed by atoms with E-state index in [1.54, 1.807) is 0 Å². The highest BCUT2D eigenvalue weighted by Gasteiger charge is 2.81. The first-order valence-corrected chi connectivity index (χ1v) is 9.34. The van der Waals surface area contributed by atoms with Gasteiger partial charge in [0, 0.05) is 10.8 Å². The van der Waals surface area contributed by atoms with E-state index in [0.29, 0.717) is 5.92 Å². The third-order valence-electron chi connectivity index (χ3n) is 8.57. The van der Waals surface area contributed by atoms with E-state index in [4.69, 9.17) is 4.74 Å². The molecule has 0 aromatic rings. The van der Waals surface area contributed by atoms with Crippen LogP contribution in [0.5, 0.6) is 0 Å². The first-order chi connectivity index (χ1) is 11.1. The quantitative estimate of drug-likeness (QED) is 0.762. The lowest BCUT2D eigenvalue weighted by molar-refractivity contribution is -0.140. The first kappa shape index (κ1) is 16.7. The highest BCUT2D eigenvalue weighted by Crippen LogP contribution is 2.75. The third-order valence-corrected chi connectivity index (χ3v) is 8.57. The maximum Gasteiger partial charge on any atom is 0.187 e. The second-order valence-electron chi connectivity index (χ2n) is 9.50. The van der Waals surface area contributed by atoms with Gasteiger partial charge in [0.1, 0.15) is 5.60 Å². The van der Waals surface area contributed by atoms with Crippen LogP contribution < -0.4 is 0 Å². The number of carbonyl (C=O) groups is 1. The molecule has 0 bridgehead atoms. The smallest absolute Gasteiger partial charge is 0.187 e. The molecule has 1 saturated heterocycles. The fourth-order valence-corrected chi connectivity index (χ4v) is 6.55. The SMILES string of the molecule is CC1=CC(=O)C2OC23C1(C)CCC1CC(C)(C(O)CO)CCC13C. The highest BCUT2D eigenvalue weighted by atomic mass is 16.6. The van der Waals surface area contributed by atoms with E-state index in [9.17, 15) is 15.0 Å². The topological polar surface area (TPSA) is 70.1 Å². The van der Waals surface area contributed by atoms with Gasteiger partial charge >= 0.3 is 0 Å². The Balaban J connectivity index is 1.73.